The Morgan fingerprint density at radius 3 is 2.74 bits per heavy atom. The summed E-state index contributed by atoms with van der Waals surface area (Å²) in [5, 5.41) is 6.23. The number of nitrogens with one attached hydrogen (secondary N) is 2. The van der Waals surface area contributed by atoms with Crippen molar-refractivity contribution >= 4 is 28.3 Å². The fourth-order valence-electron chi connectivity index (χ4n) is 3.46. The van der Waals surface area contributed by atoms with Crippen LogP contribution >= 0.6 is 12.4 Å². The van der Waals surface area contributed by atoms with Crippen LogP contribution in [0, 0.1) is 5.92 Å². The Labute approximate surface area is 167 Å². The van der Waals surface area contributed by atoms with E-state index in [4.69, 9.17) is 0 Å². The number of nitrogens with zero attached hydrogens (tertiary/aromatic N) is 1. The molecule has 2 aliphatic rings. The van der Waals surface area contributed by atoms with E-state index in [-0.39, 0.29) is 36.5 Å². The van der Waals surface area contributed by atoms with Crippen LogP contribution in [0.4, 0.5) is 0 Å². The zero-order chi connectivity index (χ0) is 18.4. The second-order valence-corrected chi connectivity index (χ2v) is 8.94. The van der Waals surface area contributed by atoms with Crippen molar-refractivity contribution in [3.05, 3.63) is 47.5 Å². The van der Waals surface area contributed by atoms with Crippen molar-refractivity contribution in [1.29, 1.82) is 0 Å². The van der Waals surface area contributed by atoms with E-state index in [1.54, 1.807) is 0 Å². The molecular formula is C19H28ClN3O3S. The molecule has 0 bridgehead atoms. The normalized spacial score (nSPS) is 21.0. The number of halogens is 1. The molecule has 0 spiro atoms. The number of benzene rings is 1. The van der Waals surface area contributed by atoms with Gasteiger partial charge in [-0.2, -0.15) is 0 Å². The summed E-state index contributed by atoms with van der Waals surface area (Å²) >= 11 is 0. The summed E-state index contributed by atoms with van der Waals surface area (Å²) in [5.74, 6) is -0.317. The number of carbonyl (C=O) groups excluding carboxylic acids is 1. The number of rotatable bonds is 6. The molecule has 2 aliphatic heterocycles. The second-order valence-electron chi connectivity index (χ2n) is 6.97. The van der Waals surface area contributed by atoms with Crippen molar-refractivity contribution < 1.29 is 13.2 Å². The van der Waals surface area contributed by atoms with Crippen LogP contribution in [-0.2, 0) is 20.6 Å². The molecular weight excluding hydrogens is 386 g/mol. The second kappa shape index (κ2) is 10.2. The van der Waals surface area contributed by atoms with Crippen molar-refractivity contribution in [2.75, 3.05) is 32.7 Å². The molecule has 150 valence electrons. The van der Waals surface area contributed by atoms with Gasteiger partial charge in [-0.25, -0.2) is 12.7 Å². The maximum atomic E-state index is 12.7. The average molecular weight is 414 g/mol. The van der Waals surface area contributed by atoms with Crippen LogP contribution in [0.3, 0.4) is 0 Å². The third-order valence-electron chi connectivity index (χ3n) is 4.99. The number of carbonyl (C=O) groups is 1. The van der Waals surface area contributed by atoms with Gasteiger partial charge in [-0.05, 0) is 31.4 Å². The molecule has 6 nitrogen and oxygen atoms in total. The Balaban J connectivity index is 0.00000261. The van der Waals surface area contributed by atoms with Crippen molar-refractivity contribution in [2.24, 2.45) is 5.92 Å². The minimum Gasteiger partial charge on any atom is -0.352 e. The van der Waals surface area contributed by atoms with Crippen LogP contribution in [0.5, 0.6) is 0 Å². The molecule has 0 radical (unpaired) electrons. The summed E-state index contributed by atoms with van der Waals surface area (Å²) < 4.78 is 26.9. The third kappa shape index (κ3) is 6.31. The molecule has 0 saturated carbocycles. The first-order chi connectivity index (χ1) is 12.5. The van der Waals surface area contributed by atoms with E-state index in [1.807, 2.05) is 30.3 Å². The Morgan fingerprint density at radius 2 is 2.04 bits per heavy atom. The maximum Gasteiger partial charge on any atom is 0.224 e. The Bertz CT molecular complexity index is 753. The summed E-state index contributed by atoms with van der Waals surface area (Å²) in [5.41, 5.74) is 2.01. The van der Waals surface area contributed by atoms with Gasteiger partial charge in [-0.3, -0.25) is 4.79 Å². The molecule has 1 atom stereocenters. The van der Waals surface area contributed by atoms with E-state index in [1.165, 1.54) is 9.88 Å². The molecule has 3 rings (SSSR count). The summed E-state index contributed by atoms with van der Waals surface area (Å²) in [6.45, 7) is 3.13. The zero-order valence-corrected chi connectivity index (χ0v) is 17.0. The highest BCUT2D eigenvalue weighted by atomic mass is 35.5. The number of piperidine rings is 1. The van der Waals surface area contributed by atoms with E-state index < -0.39 is 10.0 Å². The van der Waals surface area contributed by atoms with Gasteiger partial charge < -0.3 is 10.6 Å². The number of amides is 1. The van der Waals surface area contributed by atoms with Crippen molar-refractivity contribution in [1.82, 2.24) is 14.9 Å². The van der Waals surface area contributed by atoms with Gasteiger partial charge in [-0.1, -0.05) is 42.0 Å². The van der Waals surface area contributed by atoms with Gasteiger partial charge in [0.2, 0.25) is 15.9 Å². The largest absolute Gasteiger partial charge is 0.352 e. The van der Waals surface area contributed by atoms with Crippen LogP contribution in [0.25, 0.3) is 0 Å². The monoisotopic (exact) mass is 413 g/mol. The van der Waals surface area contributed by atoms with Crippen LogP contribution < -0.4 is 10.6 Å². The number of hydrogen-bond donors (Lipinski definition) is 2. The van der Waals surface area contributed by atoms with Crippen molar-refractivity contribution in [3.8, 4) is 0 Å². The minimum absolute atomic E-state index is 0. The maximum absolute atomic E-state index is 12.7. The van der Waals surface area contributed by atoms with Crippen molar-refractivity contribution in [3.63, 3.8) is 0 Å². The van der Waals surface area contributed by atoms with Gasteiger partial charge in [0, 0.05) is 26.2 Å². The molecule has 1 aromatic rings. The fraction of sp³-hybridized carbons (Fsp3) is 0.526. The lowest BCUT2D eigenvalue weighted by atomic mass is 9.98. The molecule has 1 fully saturated rings. The smallest absolute Gasteiger partial charge is 0.224 e. The molecule has 0 aromatic heterocycles. The molecule has 2 N–H and O–H groups in total. The van der Waals surface area contributed by atoms with Crippen LogP contribution in [0.1, 0.15) is 24.8 Å². The molecule has 1 amide bonds. The van der Waals surface area contributed by atoms with Gasteiger partial charge in [0.15, 0.2) is 0 Å². The number of hydrogen-bond acceptors (Lipinski definition) is 4. The minimum atomic E-state index is -3.40. The molecule has 1 unspecified atom stereocenters. The molecule has 8 heteroatoms. The van der Waals surface area contributed by atoms with Gasteiger partial charge >= 0.3 is 0 Å². The van der Waals surface area contributed by atoms with Gasteiger partial charge in [0.05, 0.1) is 11.7 Å². The fourth-order valence-corrected chi connectivity index (χ4v) is 5.07. The van der Waals surface area contributed by atoms with Crippen LogP contribution in [-0.4, -0.2) is 51.4 Å². The van der Waals surface area contributed by atoms with Crippen LogP contribution in [0.2, 0.25) is 0 Å². The Hall–Kier alpha value is -1.41. The number of sulfonamides is 1. The van der Waals surface area contributed by atoms with Crippen molar-refractivity contribution in [2.45, 2.75) is 25.0 Å². The highest BCUT2D eigenvalue weighted by Gasteiger charge is 2.32. The zero-order valence-electron chi connectivity index (χ0n) is 15.4. The van der Waals surface area contributed by atoms with Gasteiger partial charge in [0.1, 0.15) is 0 Å². The predicted molar refractivity (Wildman–Crippen MR) is 109 cm³/mol. The van der Waals surface area contributed by atoms with Gasteiger partial charge in [-0.15, -0.1) is 12.4 Å². The third-order valence-corrected chi connectivity index (χ3v) is 6.80. The topological polar surface area (TPSA) is 78.5 Å². The van der Waals surface area contributed by atoms with E-state index in [0.717, 1.165) is 37.9 Å². The van der Waals surface area contributed by atoms with E-state index in [0.29, 0.717) is 13.1 Å². The summed E-state index contributed by atoms with van der Waals surface area (Å²) in [6.07, 6.45) is 4.52. The first-order valence-electron chi connectivity index (χ1n) is 9.23. The lowest BCUT2D eigenvalue weighted by molar-refractivity contribution is -0.125. The van der Waals surface area contributed by atoms with E-state index in [9.17, 15) is 13.2 Å². The summed E-state index contributed by atoms with van der Waals surface area (Å²) in [7, 11) is -3.40. The first-order valence-corrected chi connectivity index (χ1v) is 10.8. The Morgan fingerprint density at radius 1 is 1.26 bits per heavy atom. The molecule has 2 heterocycles. The van der Waals surface area contributed by atoms with Crippen LogP contribution in [0.15, 0.2) is 42.0 Å². The first kappa shape index (κ1) is 21.9. The summed E-state index contributed by atoms with van der Waals surface area (Å²) in [4.78, 5) is 12.5. The lowest BCUT2D eigenvalue weighted by Gasteiger charge is -2.31. The molecule has 0 aliphatic carbocycles. The SMILES string of the molecule is Cl.O=C(NCC1=CCNCC1)C1CCCN(S(=O)(=O)Cc2ccccc2)C1. The predicted octanol–water partition coefficient (Wildman–Crippen LogP) is 1.69. The quantitative estimate of drug-likeness (QED) is 0.695. The summed E-state index contributed by atoms with van der Waals surface area (Å²) in [6, 6.07) is 9.19. The van der Waals surface area contributed by atoms with Gasteiger partial charge in [0.25, 0.3) is 0 Å². The van der Waals surface area contributed by atoms with E-state index in [2.05, 4.69) is 16.7 Å². The molecule has 27 heavy (non-hydrogen) atoms. The molecule has 1 saturated heterocycles. The molecule has 1 aromatic carbocycles. The standard InChI is InChI=1S/C19H27N3O3S.ClH/c23-19(21-13-16-8-10-20-11-9-16)18-7-4-12-22(14-18)26(24,25)15-17-5-2-1-3-6-17;/h1-3,5-6,8,18,20H,4,7,9-15H2,(H,21,23);1H. The Kier molecular flexibility index (Phi) is 8.28. The lowest BCUT2D eigenvalue weighted by Crippen LogP contribution is -2.46. The average Bonchev–Trinajstić information content (AvgIpc) is 2.67. The van der Waals surface area contributed by atoms with E-state index >= 15 is 0 Å². The highest BCUT2D eigenvalue weighted by molar-refractivity contribution is 7.88. The highest BCUT2D eigenvalue weighted by Crippen LogP contribution is 2.21.